The van der Waals surface area contributed by atoms with Crippen molar-refractivity contribution in [3.8, 4) is 16.9 Å². The van der Waals surface area contributed by atoms with Crippen LogP contribution in [0.5, 0.6) is 0 Å². The molecule has 1 saturated heterocycles. The number of rotatable bonds is 4. The maximum atomic E-state index is 13.3. The molecule has 3 aromatic rings. The first-order chi connectivity index (χ1) is 14.3. The van der Waals surface area contributed by atoms with Crippen LogP contribution in [0.25, 0.3) is 16.9 Å². The molecular weight excluding hydrogens is 411 g/mol. The summed E-state index contributed by atoms with van der Waals surface area (Å²) in [6.07, 6.45) is -1.34. The lowest BCUT2D eigenvalue weighted by molar-refractivity contribution is -0.141. The molecule has 0 spiro atoms. The third-order valence-corrected chi connectivity index (χ3v) is 6.69. The van der Waals surface area contributed by atoms with E-state index in [2.05, 4.69) is 5.10 Å². The number of nitrogens with zero attached hydrogens (tertiary/aromatic N) is 3. The third kappa shape index (κ3) is 4.40. The number of benzene rings is 2. The highest BCUT2D eigenvalue weighted by Crippen LogP contribution is 2.33. The van der Waals surface area contributed by atoms with Gasteiger partial charge in [0.2, 0.25) is 0 Å². The Morgan fingerprint density at radius 3 is 2.17 bits per heavy atom. The Kier molecular flexibility index (Phi) is 5.90. The molecule has 1 fully saturated rings. The summed E-state index contributed by atoms with van der Waals surface area (Å²) in [6, 6.07) is 15.1. The molecule has 8 heteroatoms. The number of hydrogen-bond donors (Lipinski definition) is 0. The van der Waals surface area contributed by atoms with Crippen LogP contribution in [-0.4, -0.2) is 31.7 Å². The smallest absolute Gasteiger partial charge is 0.435 e. The highest BCUT2D eigenvalue weighted by molar-refractivity contribution is 7.89. The van der Waals surface area contributed by atoms with Gasteiger partial charge in [-0.2, -0.15) is 18.3 Å². The minimum absolute atomic E-state index is 0.354. The molecule has 0 N–H and O–H groups in total. The molecule has 1 aliphatic rings. The summed E-state index contributed by atoms with van der Waals surface area (Å²) < 4.78 is 56.0. The predicted molar refractivity (Wildman–Crippen MR) is 111 cm³/mol. The second-order valence-electron chi connectivity index (χ2n) is 7.42. The molecule has 158 valence electrons. The van der Waals surface area contributed by atoms with Crippen molar-refractivity contribution in [1.29, 1.82) is 0 Å². The molecule has 0 radical (unpaired) electrons. The quantitative estimate of drug-likeness (QED) is 0.519. The fourth-order valence-electron chi connectivity index (χ4n) is 3.53. The molecule has 2 aromatic carbocycles. The van der Waals surface area contributed by atoms with Crippen molar-refractivity contribution in [3.63, 3.8) is 0 Å². The molecular formula is C22H22F3N3OS. The van der Waals surface area contributed by atoms with E-state index in [1.165, 1.54) is 4.68 Å². The Hall–Kier alpha value is -2.29. The van der Waals surface area contributed by atoms with Gasteiger partial charge in [-0.25, -0.2) is 4.68 Å². The molecule has 4 nitrogen and oxygen atoms in total. The van der Waals surface area contributed by atoms with Crippen molar-refractivity contribution >= 4 is 11.4 Å². The van der Waals surface area contributed by atoms with Crippen LogP contribution in [0.1, 0.15) is 30.5 Å². The van der Waals surface area contributed by atoms with E-state index in [-0.39, 0.29) is 0 Å². The van der Waals surface area contributed by atoms with Crippen LogP contribution in [0.4, 0.5) is 13.2 Å². The Bertz CT molecular complexity index is 994. The Morgan fingerprint density at radius 2 is 1.57 bits per heavy atom. The molecule has 0 saturated carbocycles. The molecule has 0 aliphatic carbocycles. The van der Waals surface area contributed by atoms with Crippen LogP contribution in [0, 0.1) is 6.92 Å². The van der Waals surface area contributed by atoms with E-state index < -0.39 is 23.2 Å². The van der Waals surface area contributed by atoms with Crippen molar-refractivity contribution in [1.82, 2.24) is 14.1 Å². The number of hydrogen-bond acceptors (Lipinski definition) is 3. The second-order valence-corrected chi connectivity index (χ2v) is 8.91. The Balaban J connectivity index is 1.68. The summed E-state index contributed by atoms with van der Waals surface area (Å²) >= 11 is -1.26. The van der Waals surface area contributed by atoms with Gasteiger partial charge >= 0.3 is 6.18 Å². The largest absolute Gasteiger partial charge is 0.593 e. The summed E-state index contributed by atoms with van der Waals surface area (Å²) in [5.74, 6) is 0. The summed E-state index contributed by atoms with van der Waals surface area (Å²) in [7, 11) is 0. The van der Waals surface area contributed by atoms with E-state index in [1.807, 2.05) is 23.4 Å². The first-order valence-corrected chi connectivity index (χ1v) is 11.0. The van der Waals surface area contributed by atoms with E-state index >= 15 is 0 Å². The lowest BCUT2D eigenvalue weighted by Gasteiger charge is -2.27. The topological polar surface area (TPSA) is 44.1 Å². The molecule has 2 heterocycles. The maximum absolute atomic E-state index is 13.3. The molecule has 0 amide bonds. The van der Waals surface area contributed by atoms with Gasteiger partial charge in [0.15, 0.2) is 10.6 Å². The normalized spacial score (nSPS) is 16.6. The predicted octanol–water partition coefficient (Wildman–Crippen LogP) is 5.38. The van der Waals surface area contributed by atoms with Crippen molar-refractivity contribution in [2.75, 3.05) is 13.1 Å². The zero-order chi connectivity index (χ0) is 21.3. The van der Waals surface area contributed by atoms with Crippen LogP contribution < -0.4 is 0 Å². The average Bonchev–Trinajstić information content (AvgIpc) is 3.20. The lowest BCUT2D eigenvalue weighted by atomic mass is 10.1. The number of halogens is 3. The maximum Gasteiger partial charge on any atom is 0.435 e. The van der Waals surface area contributed by atoms with E-state index in [9.17, 15) is 17.7 Å². The molecule has 1 aromatic heterocycles. The Morgan fingerprint density at radius 1 is 0.933 bits per heavy atom. The van der Waals surface area contributed by atoms with Crippen LogP contribution in [-0.2, 0) is 17.5 Å². The van der Waals surface area contributed by atoms with Gasteiger partial charge in [0, 0.05) is 18.7 Å². The van der Waals surface area contributed by atoms with Crippen molar-refractivity contribution in [2.45, 2.75) is 37.3 Å². The van der Waals surface area contributed by atoms with Crippen LogP contribution in [0.3, 0.4) is 0 Å². The standard InChI is InChI=1S/C22H22F3N3OS/c1-16-5-7-17(8-6-16)20-15-21(22(23,24)25)26-28(20)18-9-11-19(12-10-18)30(29)27-13-3-2-4-14-27/h5-12,15H,2-4,13-14H2,1H3. The summed E-state index contributed by atoms with van der Waals surface area (Å²) in [5, 5.41) is 3.82. The summed E-state index contributed by atoms with van der Waals surface area (Å²) in [5.41, 5.74) is 1.56. The van der Waals surface area contributed by atoms with E-state index in [0.717, 1.165) is 44.0 Å². The van der Waals surface area contributed by atoms with E-state index in [4.69, 9.17) is 0 Å². The number of aryl methyl sites for hydroxylation is 1. The molecule has 1 aliphatic heterocycles. The number of piperidine rings is 1. The fraction of sp³-hybridized carbons (Fsp3) is 0.318. The van der Waals surface area contributed by atoms with E-state index in [1.54, 1.807) is 36.4 Å². The molecule has 30 heavy (non-hydrogen) atoms. The molecule has 4 rings (SSSR count). The van der Waals surface area contributed by atoms with Gasteiger partial charge in [-0.1, -0.05) is 36.2 Å². The van der Waals surface area contributed by atoms with Gasteiger partial charge in [-0.15, -0.1) is 4.31 Å². The second kappa shape index (κ2) is 8.45. The van der Waals surface area contributed by atoms with Gasteiger partial charge in [-0.3, -0.25) is 0 Å². The SMILES string of the molecule is Cc1ccc(-c2cc(C(F)(F)F)nn2-c2ccc([S+]([O-])N3CCCCC3)cc2)cc1. The van der Waals surface area contributed by atoms with Crippen LogP contribution in [0.2, 0.25) is 0 Å². The minimum atomic E-state index is -4.54. The van der Waals surface area contributed by atoms with Gasteiger partial charge in [0.25, 0.3) is 0 Å². The average molecular weight is 433 g/mol. The molecule has 0 bridgehead atoms. The fourth-order valence-corrected chi connectivity index (χ4v) is 4.79. The van der Waals surface area contributed by atoms with Crippen molar-refractivity contribution < 1.29 is 17.7 Å². The highest BCUT2D eigenvalue weighted by atomic mass is 32.2. The third-order valence-electron chi connectivity index (χ3n) is 5.18. The first-order valence-electron chi connectivity index (χ1n) is 9.84. The molecule has 1 atom stereocenters. The number of alkyl halides is 3. The first kappa shape index (κ1) is 21.0. The zero-order valence-electron chi connectivity index (χ0n) is 16.5. The number of aromatic nitrogens is 2. The van der Waals surface area contributed by atoms with E-state index in [0.29, 0.717) is 21.8 Å². The minimum Gasteiger partial charge on any atom is -0.593 e. The van der Waals surface area contributed by atoms with Crippen molar-refractivity contribution in [2.24, 2.45) is 0 Å². The van der Waals surface area contributed by atoms with Gasteiger partial charge in [-0.05, 0) is 50.1 Å². The monoisotopic (exact) mass is 433 g/mol. The summed E-state index contributed by atoms with van der Waals surface area (Å²) in [6.45, 7) is 3.50. The van der Waals surface area contributed by atoms with Crippen LogP contribution >= 0.6 is 0 Å². The van der Waals surface area contributed by atoms with Gasteiger partial charge in [0.1, 0.15) is 0 Å². The Labute approximate surface area is 176 Å². The van der Waals surface area contributed by atoms with Crippen LogP contribution in [0.15, 0.2) is 59.5 Å². The highest BCUT2D eigenvalue weighted by Gasteiger charge is 2.35. The van der Waals surface area contributed by atoms with Crippen molar-refractivity contribution in [3.05, 3.63) is 65.9 Å². The zero-order valence-corrected chi connectivity index (χ0v) is 17.3. The lowest BCUT2D eigenvalue weighted by Crippen LogP contribution is -2.35. The van der Waals surface area contributed by atoms with Gasteiger partial charge in [0.05, 0.1) is 22.7 Å². The molecule has 1 unspecified atom stereocenters. The van der Waals surface area contributed by atoms with Gasteiger partial charge < -0.3 is 4.55 Å². The summed E-state index contributed by atoms with van der Waals surface area (Å²) in [4.78, 5) is 0.640.